The van der Waals surface area contributed by atoms with Crippen LogP contribution in [0.2, 0.25) is 18.1 Å². The Bertz CT molecular complexity index is 341. The highest BCUT2D eigenvalue weighted by Gasteiger charge is 2.36. The zero-order valence-corrected chi connectivity index (χ0v) is 11.8. The molecule has 0 aliphatic heterocycles. The maximum Gasteiger partial charge on any atom is 0.140 e. The molecule has 0 saturated carbocycles. The van der Waals surface area contributed by atoms with Crippen molar-refractivity contribution in [1.82, 2.24) is 0 Å². The van der Waals surface area contributed by atoms with Crippen molar-refractivity contribution in [3.63, 3.8) is 0 Å². The van der Waals surface area contributed by atoms with E-state index in [1.807, 2.05) is 24.3 Å². The predicted molar refractivity (Wildman–Crippen MR) is 72.7 cm³/mol. The van der Waals surface area contributed by atoms with Crippen LogP contribution < -0.4 is 0 Å². The molecule has 0 aromatic heterocycles. The molecule has 0 aliphatic rings. The van der Waals surface area contributed by atoms with E-state index in [9.17, 15) is 4.79 Å². The van der Waals surface area contributed by atoms with E-state index in [-0.39, 0.29) is 0 Å². The molecule has 0 aliphatic carbocycles. The van der Waals surface area contributed by atoms with Crippen LogP contribution >= 0.6 is 0 Å². The van der Waals surface area contributed by atoms with Crippen molar-refractivity contribution in [2.45, 2.75) is 45.8 Å². The largest absolute Gasteiger partial charge is 0.300 e. The molecule has 0 bridgehead atoms. The summed E-state index contributed by atoms with van der Waals surface area (Å²) < 4.78 is 0. The minimum atomic E-state index is -1.72. The summed E-state index contributed by atoms with van der Waals surface area (Å²) in [5, 5.41) is 0.444. The first-order valence-corrected chi connectivity index (χ1v) is 8.83. The number of carbonyl (C=O) groups is 1. The van der Waals surface area contributed by atoms with E-state index in [4.69, 9.17) is 0 Å². The molecular formula is C14H22OSi. The molecule has 1 aromatic carbocycles. The molecule has 88 valence electrons. The Balaban J connectivity index is 3.04. The third-order valence-electron chi connectivity index (χ3n) is 3.83. The fourth-order valence-corrected chi connectivity index (χ4v) is 5.49. The van der Waals surface area contributed by atoms with Gasteiger partial charge in [0.05, 0.1) is 0 Å². The molecule has 0 N–H and O–H groups in total. The summed E-state index contributed by atoms with van der Waals surface area (Å²) in [7, 11) is -1.72. The molecule has 0 atom stereocenters. The van der Waals surface area contributed by atoms with Crippen LogP contribution in [0.25, 0.3) is 0 Å². The van der Waals surface area contributed by atoms with Gasteiger partial charge in [-0.1, -0.05) is 68.7 Å². The highest BCUT2D eigenvalue weighted by Crippen LogP contribution is 2.25. The average molecular weight is 234 g/mol. The van der Waals surface area contributed by atoms with E-state index in [2.05, 4.69) is 27.7 Å². The van der Waals surface area contributed by atoms with Gasteiger partial charge in [0, 0.05) is 5.56 Å². The second-order valence-corrected chi connectivity index (χ2v) is 9.67. The summed E-state index contributed by atoms with van der Waals surface area (Å²) in [6.07, 6.45) is 0. The highest BCUT2D eigenvalue weighted by atomic mass is 28.3. The van der Waals surface area contributed by atoms with Gasteiger partial charge in [-0.15, -0.1) is 0 Å². The Hall–Kier alpha value is -0.893. The number of benzene rings is 1. The molecule has 1 nitrogen and oxygen atoms in total. The van der Waals surface area contributed by atoms with E-state index >= 15 is 0 Å². The van der Waals surface area contributed by atoms with Crippen molar-refractivity contribution in [2.24, 2.45) is 0 Å². The maximum atomic E-state index is 12.5. The lowest BCUT2D eigenvalue weighted by atomic mass is 10.2. The Labute approximate surface area is 99.9 Å². The fourth-order valence-electron chi connectivity index (χ4n) is 2.24. The fraction of sp³-hybridized carbons (Fsp3) is 0.500. The molecule has 0 heterocycles. The summed E-state index contributed by atoms with van der Waals surface area (Å²) in [6.45, 7) is 8.57. The topological polar surface area (TPSA) is 17.1 Å². The van der Waals surface area contributed by atoms with Gasteiger partial charge in [0.25, 0.3) is 0 Å². The Morgan fingerprint density at radius 3 is 1.81 bits per heavy atom. The lowest BCUT2D eigenvalue weighted by molar-refractivity contribution is 0.106. The number of hydrogen-bond acceptors (Lipinski definition) is 1. The van der Waals surface area contributed by atoms with Gasteiger partial charge in [0.15, 0.2) is 0 Å². The molecule has 0 unspecified atom stereocenters. The molecule has 2 heteroatoms. The molecule has 0 radical (unpaired) electrons. The summed E-state index contributed by atoms with van der Waals surface area (Å²) in [5.74, 6) is 0. The van der Waals surface area contributed by atoms with Gasteiger partial charge in [-0.05, 0) is 6.92 Å². The smallest absolute Gasteiger partial charge is 0.140 e. The summed E-state index contributed by atoms with van der Waals surface area (Å²) >= 11 is 0. The first-order valence-electron chi connectivity index (χ1n) is 6.21. The second-order valence-electron chi connectivity index (χ2n) is 4.54. The Kier molecular flexibility index (Phi) is 4.48. The number of hydrogen-bond donors (Lipinski definition) is 0. The molecular weight excluding hydrogens is 212 g/mol. The standard InChI is InChI=1S/C14H22OSi/c1-5-16(6-2,7-3)14(15)13-10-8-12(4)9-11-13/h8-11H,5-7H2,1-4H3. The molecule has 1 rings (SSSR count). The molecule has 0 amide bonds. The first-order chi connectivity index (χ1) is 7.59. The molecule has 1 aromatic rings. The normalized spacial score (nSPS) is 11.5. The first kappa shape index (κ1) is 13.2. The van der Waals surface area contributed by atoms with Gasteiger partial charge < -0.3 is 4.79 Å². The highest BCUT2D eigenvalue weighted by molar-refractivity contribution is 7.07. The number of carbonyl (C=O) groups excluding carboxylic acids is 1. The quantitative estimate of drug-likeness (QED) is 0.697. The van der Waals surface area contributed by atoms with E-state index in [1.54, 1.807) is 0 Å². The lowest BCUT2D eigenvalue weighted by Crippen LogP contribution is -2.42. The Morgan fingerprint density at radius 2 is 1.44 bits per heavy atom. The number of aryl methyl sites for hydroxylation is 1. The van der Waals surface area contributed by atoms with Gasteiger partial charge in [-0.2, -0.15) is 0 Å². The third kappa shape index (κ3) is 2.43. The third-order valence-corrected chi connectivity index (χ3v) is 9.14. The summed E-state index contributed by atoms with van der Waals surface area (Å²) in [5.41, 5.74) is 2.14. The van der Waals surface area contributed by atoms with Crippen LogP contribution in [0.4, 0.5) is 0 Å². The van der Waals surface area contributed by atoms with Gasteiger partial charge >= 0.3 is 0 Å². The van der Waals surface area contributed by atoms with Gasteiger partial charge in [0.1, 0.15) is 13.5 Å². The lowest BCUT2D eigenvalue weighted by Gasteiger charge is -2.26. The van der Waals surface area contributed by atoms with Crippen molar-refractivity contribution < 1.29 is 4.79 Å². The second kappa shape index (κ2) is 5.44. The monoisotopic (exact) mass is 234 g/mol. The summed E-state index contributed by atoms with van der Waals surface area (Å²) in [4.78, 5) is 12.5. The van der Waals surface area contributed by atoms with E-state index < -0.39 is 8.07 Å². The van der Waals surface area contributed by atoms with Gasteiger partial charge in [-0.25, -0.2) is 0 Å². The van der Waals surface area contributed by atoms with E-state index in [0.717, 1.165) is 23.7 Å². The summed E-state index contributed by atoms with van der Waals surface area (Å²) in [6, 6.07) is 11.2. The maximum absolute atomic E-state index is 12.5. The van der Waals surface area contributed by atoms with Crippen LogP contribution in [0, 0.1) is 6.92 Å². The zero-order valence-electron chi connectivity index (χ0n) is 10.8. The Morgan fingerprint density at radius 1 is 1.00 bits per heavy atom. The van der Waals surface area contributed by atoms with Crippen LogP contribution in [0.5, 0.6) is 0 Å². The van der Waals surface area contributed by atoms with Crippen LogP contribution in [0.15, 0.2) is 24.3 Å². The van der Waals surface area contributed by atoms with Gasteiger partial charge in [0.2, 0.25) is 0 Å². The molecule has 0 spiro atoms. The van der Waals surface area contributed by atoms with E-state index in [1.165, 1.54) is 5.56 Å². The molecule has 16 heavy (non-hydrogen) atoms. The van der Waals surface area contributed by atoms with Crippen LogP contribution in [-0.4, -0.2) is 13.5 Å². The number of rotatable bonds is 5. The molecule has 0 saturated heterocycles. The van der Waals surface area contributed by atoms with E-state index in [0.29, 0.717) is 5.41 Å². The minimum Gasteiger partial charge on any atom is -0.300 e. The van der Waals surface area contributed by atoms with Crippen LogP contribution in [0.1, 0.15) is 36.7 Å². The van der Waals surface area contributed by atoms with Crippen molar-refractivity contribution in [3.05, 3.63) is 35.4 Å². The van der Waals surface area contributed by atoms with Gasteiger partial charge in [-0.3, -0.25) is 0 Å². The van der Waals surface area contributed by atoms with Crippen molar-refractivity contribution in [3.8, 4) is 0 Å². The van der Waals surface area contributed by atoms with Crippen molar-refractivity contribution in [2.75, 3.05) is 0 Å². The van der Waals surface area contributed by atoms with Crippen LogP contribution in [0.3, 0.4) is 0 Å². The zero-order chi connectivity index (χ0) is 12.2. The molecule has 0 fully saturated rings. The average Bonchev–Trinajstić information content (AvgIpc) is 2.33. The predicted octanol–water partition coefficient (Wildman–Crippen LogP) is 4.23. The van der Waals surface area contributed by atoms with Crippen molar-refractivity contribution >= 4 is 13.5 Å². The SMILES string of the molecule is CC[Si](CC)(CC)C(=O)c1ccc(C)cc1. The minimum absolute atomic E-state index is 0.444. The van der Waals surface area contributed by atoms with Crippen molar-refractivity contribution in [1.29, 1.82) is 0 Å². The van der Waals surface area contributed by atoms with Crippen LogP contribution in [-0.2, 0) is 0 Å².